The van der Waals surface area contributed by atoms with E-state index in [2.05, 4.69) is 14.4 Å². The minimum Gasteiger partial charge on any atom is -0.714 e. The van der Waals surface area contributed by atoms with Crippen LogP contribution in [0.4, 0.5) is 0 Å². The molecule has 0 spiro atoms. The first-order valence-corrected chi connectivity index (χ1v) is 10.6. The standard InChI is InChI=1S/C16H20N2O9S2/c19-7-11-13(20)14(21)15(22)16(26-11)28-12(18-27-29(23,24)25)5-8-6-17-10-4-2-1-3-9(8)10/h1-4,6,11,13-17,19-22H,5,7H2,(H,23,24,25)/p-1/b18-12-. The highest BCUT2D eigenvalue weighted by molar-refractivity contribution is 8.14. The fraction of sp³-hybridized carbons (Fsp3) is 0.438. The summed E-state index contributed by atoms with van der Waals surface area (Å²) in [4.78, 5) is 3.04. The second-order valence-electron chi connectivity index (χ2n) is 6.32. The van der Waals surface area contributed by atoms with Crippen molar-refractivity contribution >= 4 is 38.1 Å². The Morgan fingerprint density at radius 1 is 1.24 bits per heavy atom. The lowest BCUT2D eigenvalue weighted by Gasteiger charge is -2.39. The number of ether oxygens (including phenoxy) is 1. The monoisotopic (exact) mass is 447 g/mol. The van der Waals surface area contributed by atoms with Crippen LogP contribution in [-0.4, -0.2) is 79.9 Å². The number of thioether (sulfide) groups is 1. The molecule has 1 fully saturated rings. The minimum atomic E-state index is -5.12. The molecule has 1 aliphatic rings. The summed E-state index contributed by atoms with van der Waals surface area (Å²) >= 11 is 0.699. The molecular weight excluding hydrogens is 428 g/mol. The number of aromatic nitrogens is 1. The topological polar surface area (TPSA) is 185 Å². The van der Waals surface area contributed by atoms with Gasteiger partial charge in [0.1, 0.15) is 34.9 Å². The Kier molecular flexibility index (Phi) is 6.80. The van der Waals surface area contributed by atoms with E-state index in [0.29, 0.717) is 17.3 Å². The van der Waals surface area contributed by atoms with E-state index >= 15 is 0 Å². The van der Waals surface area contributed by atoms with Crippen LogP contribution in [0.1, 0.15) is 5.56 Å². The lowest BCUT2D eigenvalue weighted by atomic mass is 10.0. The minimum absolute atomic E-state index is 0.0131. The first kappa shape index (κ1) is 22.0. The molecular formula is C16H19N2O9S2-. The van der Waals surface area contributed by atoms with Crippen molar-refractivity contribution in [3.05, 3.63) is 36.0 Å². The Balaban J connectivity index is 1.85. The average molecular weight is 447 g/mol. The zero-order valence-electron chi connectivity index (χ0n) is 14.8. The van der Waals surface area contributed by atoms with Crippen molar-refractivity contribution in [2.45, 2.75) is 36.3 Å². The van der Waals surface area contributed by atoms with Crippen LogP contribution in [0.25, 0.3) is 10.9 Å². The van der Waals surface area contributed by atoms with Crippen LogP contribution < -0.4 is 0 Å². The Hall–Kier alpha value is -1.71. The van der Waals surface area contributed by atoms with Crippen LogP contribution in [0, 0.1) is 0 Å². The number of H-pyrrole nitrogens is 1. The summed E-state index contributed by atoms with van der Waals surface area (Å²) in [5, 5.41) is 43.4. The number of hydrogen-bond donors (Lipinski definition) is 5. The van der Waals surface area contributed by atoms with Gasteiger partial charge in [0.05, 0.1) is 6.61 Å². The largest absolute Gasteiger partial charge is 0.714 e. The van der Waals surface area contributed by atoms with Crippen LogP contribution in [0.5, 0.6) is 0 Å². The molecule has 0 saturated carbocycles. The Bertz CT molecular complexity index is 976. The number of hydrogen-bond acceptors (Lipinski definition) is 11. The van der Waals surface area contributed by atoms with E-state index in [1.807, 2.05) is 18.2 Å². The van der Waals surface area contributed by atoms with Crippen LogP contribution in [0.15, 0.2) is 35.6 Å². The quantitative estimate of drug-likeness (QED) is 0.121. The molecule has 11 nitrogen and oxygen atoms in total. The third-order valence-electron chi connectivity index (χ3n) is 4.35. The summed E-state index contributed by atoms with van der Waals surface area (Å²) in [7, 11) is -5.12. The van der Waals surface area contributed by atoms with E-state index in [9.17, 15) is 33.4 Å². The van der Waals surface area contributed by atoms with E-state index in [4.69, 9.17) is 4.74 Å². The van der Waals surface area contributed by atoms with E-state index in [1.165, 1.54) is 0 Å². The van der Waals surface area contributed by atoms with Crippen LogP contribution in [0.2, 0.25) is 0 Å². The van der Waals surface area contributed by atoms with Gasteiger partial charge in [0.15, 0.2) is 0 Å². The van der Waals surface area contributed by atoms with Crippen LogP contribution >= 0.6 is 11.8 Å². The average Bonchev–Trinajstić information content (AvgIpc) is 3.08. The predicted molar refractivity (Wildman–Crippen MR) is 102 cm³/mol. The Morgan fingerprint density at radius 3 is 2.66 bits per heavy atom. The molecule has 0 aliphatic carbocycles. The summed E-state index contributed by atoms with van der Waals surface area (Å²) < 4.78 is 41.8. The molecule has 1 aromatic heterocycles. The fourth-order valence-electron chi connectivity index (χ4n) is 2.92. The summed E-state index contributed by atoms with van der Waals surface area (Å²) in [6, 6.07) is 7.29. The highest BCUT2D eigenvalue weighted by Gasteiger charge is 2.44. The summed E-state index contributed by atoms with van der Waals surface area (Å²) in [6.07, 6.45) is -4.20. The van der Waals surface area contributed by atoms with Gasteiger partial charge >= 0.3 is 0 Å². The molecule has 1 aromatic carbocycles. The maximum absolute atomic E-state index is 10.8. The van der Waals surface area contributed by atoms with E-state index in [0.717, 1.165) is 10.9 Å². The smallest absolute Gasteiger partial charge is 0.284 e. The van der Waals surface area contributed by atoms with Crippen molar-refractivity contribution in [2.75, 3.05) is 6.61 Å². The molecule has 3 rings (SSSR count). The zero-order valence-corrected chi connectivity index (χ0v) is 16.4. The van der Waals surface area contributed by atoms with Gasteiger partial charge in [-0.1, -0.05) is 35.1 Å². The van der Waals surface area contributed by atoms with Crippen molar-refractivity contribution in [3.63, 3.8) is 0 Å². The number of oxime groups is 1. The summed E-state index contributed by atoms with van der Waals surface area (Å²) in [5.74, 6) is 0. The highest BCUT2D eigenvalue weighted by atomic mass is 32.3. The maximum atomic E-state index is 10.8. The third kappa shape index (κ3) is 5.26. The SMILES string of the molecule is O=S(=O)([O-])O/N=C(/Cc1c[nH]c2ccccc12)SC1OC(CO)C(O)C(O)C1O. The van der Waals surface area contributed by atoms with E-state index in [-0.39, 0.29) is 11.5 Å². The van der Waals surface area contributed by atoms with Crippen molar-refractivity contribution in [2.24, 2.45) is 5.16 Å². The second-order valence-corrected chi connectivity index (χ2v) is 8.46. The molecule has 29 heavy (non-hydrogen) atoms. The van der Waals surface area contributed by atoms with Crippen molar-refractivity contribution in [1.29, 1.82) is 0 Å². The fourth-order valence-corrected chi connectivity index (χ4v) is 4.24. The molecule has 160 valence electrons. The highest BCUT2D eigenvalue weighted by Crippen LogP contribution is 2.31. The first-order chi connectivity index (χ1) is 13.7. The predicted octanol–water partition coefficient (Wildman–Crippen LogP) is -0.966. The van der Waals surface area contributed by atoms with Gasteiger partial charge in [0.25, 0.3) is 10.4 Å². The molecule has 0 radical (unpaired) electrons. The molecule has 5 unspecified atom stereocenters. The van der Waals surface area contributed by atoms with Crippen LogP contribution in [-0.2, 0) is 25.8 Å². The number of nitrogens with one attached hydrogen (secondary N) is 1. The molecule has 1 aliphatic heterocycles. The van der Waals surface area contributed by atoms with Gasteiger partial charge in [-0.25, -0.2) is 0 Å². The summed E-state index contributed by atoms with van der Waals surface area (Å²) in [5.41, 5.74) is 0.299. The lowest BCUT2D eigenvalue weighted by Crippen LogP contribution is -2.57. The van der Waals surface area contributed by atoms with Crippen molar-refractivity contribution < 1.29 is 42.4 Å². The molecule has 0 bridgehead atoms. The Morgan fingerprint density at radius 2 is 1.97 bits per heavy atom. The number of nitrogens with zero attached hydrogens (tertiary/aromatic N) is 1. The van der Waals surface area contributed by atoms with E-state index < -0.39 is 46.9 Å². The number of rotatable bonds is 6. The number of aromatic amines is 1. The molecule has 5 N–H and O–H groups in total. The van der Waals surface area contributed by atoms with E-state index in [1.54, 1.807) is 12.3 Å². The first-order valence-electron chi connectivity index (χ1n) is 8.43. The number of fused-ring (bicyclic) bond motifs is 1. The molecule has 1 saturated heterocycles. The number of aliphatic hydroxyl groups excluding tert-OH is 4. The van der Waals surface area contributed by atoms with Gasteiger partial charge in [-0.3, -0.25) is 4.28 Å². The molecule has 2 aromatic rings. The Labute approximate surface area is 169 Å². The molecule has 2 heterocycles. The molecule has 5 atom stereocenters. The van der Waals surface area contributed by atoms with Gasteiger partial charge in [-0.05, 0) is 11.6 Å². The van der Waals surface area contributed by atoms with Crippen molar-refractivity contribution in [1.82, 2.24) is 4.98 Å². The van der Waals surface area contributed by atoms with Crippen molar-refractivity contribution in [3.8, 4) is 0 Å². The number of benzene rings is 1. The molecule has 0 amide bonds. The van der Waals surface area contributed by atoms with Gasteiger partial charge in [-0.2, -0.15) is 8.42 Å². The lowest BCUT2D eigenvalue weighted by molar-refractivity contribution is -0.205. The van der Waals surface area contributed by atoms with Gasteiger partial charge in [0, 0.05) is 23.5 Å². The third-order valence-corrected chi connectivity index (χ3v) is 5.72. The zero-order chi connectivity index (χ0) is 21.2. The molecule has 13 heteroatoms. The van der Waals surface area contributed by atoms with Gasteiger partial charge in [0.2, 0.25) is 0 Å². The second kappa shape index (κ2) is 8.97. The number of para-hydroxylation sites is 1. The van der Waals surface area contributed by atoms with Gasteiger partial charge < -0.3 is 34.7 Å². The maximum Gasteiger partial charge on any atom is 0.284 e. The normalized spacial score (nSPS) is 28.6. The van der Waals surface area contributed by atoms with Crippen LogP contribution in [0.3, 0.4) is 0 Å². The summed E-state index contributed by atoms with van der Waals surface area (Å²) in [6.45, 7) is -0.623. The van der Waals surface area contributed by atoms with Gasteiger partial charge in [-0.15, -0.1) is 0 Å². The number of aliphatic hydroxyl groups is 4.